The molecule has 0 saturated heterocycles. The van der Waals surface area contributed by atoms with Crippen molar-refractivity contribution in [2.75, 3.05) is 19.8 Å². The lowest BCUT2D eigenvalue weighted by Gasteiger charge is -2.18. The molecular weight excluding hydrogens is 464 g/mol. The summed E-state index contributed by atoms with van der Waals surface area (Å²) < 4.78 is 17.4. The number of carbonyl (C=O) groups excluding carboxylic acids is 2. The lowest BCUT2D eigenvalue weighted by Crippen LogP contribution is -2.30. The largest absolute Gasteiger partial charge is 0.451 e. The van der Waals surface area contributed by atoms with E-state index in [1.54, 1.807) is 51.2 Å². The number of hydrogen-bond acceptors (Lipinski definition) is 9. The number of rotatable bonds is 10. The monoisotopic (exact) mass is 494 g/mol. The van der Waals surface area contributed by atoms with Crippen molar-refractivity contribution in [3.8, 4) is 11.3 Å². The van der Waals surface area contributed by atoms with Gasteiger partial charge in [0.2, 0.25) is 0 Å². The van der Waals surface area contributed by atoms with Crippen molar-refractivity contribution in [3.63, 3.8) is 0 Å². The highest BCUT2D eigenvalue weighted by molar-refractivity contribution is 6.12. The fraction of sp³-hybridized carbons (Fsp3) is 0.320. The van der Waals surface area contributed by atoms with Crippen molar-refractivity contribution < 1.29 is 23.5 Å². The maximum atomic E-state index is 12.9. The van der Waals surface area contributed by atoms with Crippen LogP contribution in [-0.4, -0.2) is 57.8 Å². The molecule has 11 heteroatoms. The molecule has 0 aliphatic heterocycles. The summed E-state index contributed by atoms with van der Waals surface area (Å²) in [7, 11) is 0. The highest BCUT2D eigenvalue weighted by Gasteiger charge is 2.21. The summed E-state index contributed by atoms with van der Waals surface area (Å²) in [4.78, 5) is 29.3. The van der Waals surface area contributed by atoms with Gasteiger partial charge in [-0.25, -0.2) is 4.79 Å². The minimum Gasteiger partial charge on any atom is -0.451 e. The van der Waals surface area contributed by atoms with Crippen molar-refractivity contribution in [1.29, 1.82) is 5.41 Å². The normalized spacial score (nSPS) is 11.7. The molecule has 0 bridgehead atoms. The van der Waals surface area contributed by atoms with E-state index >= 15 is 0 Å². The van der Waals surface area contributed by atoms with Gasteiger partial charge in [-0.05, 0) is 52.0 Å². The van der Waals surface area contributed by atoms with E-state index in [1.165, 1.54) is 24.7 Å². The molecule has 0 unspecified atom stereocenters. The molecule has 190 valence electrons. The van der Waals surface area contributed by atoms with Crippen LogP contribution in [0.4, 0.5) is 4.79 Å². The topological polar surface area (TPSA) is 144 Å². The second kappa shape index (κ2) is 11.9. The van der Waals surface area contributed by atoms with E-state index in [1.807, 2.05) is 6.92 Å². The molecule has 11 nitrogen and oxygen atoms in total. The first-order valence-corrected chi connectivity index (χ1v) is 11.4. The van der Waals surface area contributed by atoms with Crippen LogP contribution >= 0.6 is 0 Å². The zero-order valence-electron chi connectivity index (χ0n) is 20.7. The van der Waals surface area contributed by atoms with Crippen LogP contribution in [-0.2, 0) is 9.47 Å². The third-order valence-electron chi connectivity index (χ3n) is 4.56. The molecule has 0 saturated carbocycles. The Morgan fingerprint density at radius 3 is 2.72 bits per heavy atom. The predicted molar refractivity (Wildman–Crippen MR) is 133 cm³/mol. The molecular formula is C25H30N6O5. The molecule has 0 fully saturated rings. The van der Waals surface area contributed by atoms with E-state index in [0.717, 1.165) is 4.68 Å². The van der Waals surface area contributed by atoms with Crippen LogP contribution in [0.5, 0.6) is 0 Å². The summed E-state index contributed by atoms with van der Waals surface area (Å²) in [5.41, 5.74) is 0.467. The molecule has 0 spiro atoms. The first kappa shape index (κ1) is 26.4. The Morgan fingerprint density at radius 2 is 2.03 bits per heavy atom. The summed E-state index contributed by atoms with van der Waals surface area (Å²) >= 11 is 0. The zero-order chi connectivity index (χ0) is 26.1. The second-order valence-electron chi connectivity index (χ2n) is 8.57. The average Bonchev–Trinajstić information content (AvgIpc) is 3.52. The Labute approximate surface area is 209 Å². The van der Waals surface area contributed by atoms with Gasteiger partial charge in [0.1, 0.15) is 17.1 Å². The number of allylic oxidation sites excluding steroid dienone is 1. The van der Waals surface area contributed by atoms with Gasteiger partial charge in [-0.2, -0.15) is 9.78 Å². The highest BCUT2D eigenvalue weighted by Crippen LogP contribution is 2.22. The maximum Gasteiger partial charge on any atom is 0.435 e. The number of aromatic nitrogens is 3. The van der Waals surface area contributed by atoms with Gasteiger partial charge in [0, 0.05) is 31.7 Å². The SMILES string of the molecule is CCOCCN/C=C(/NC(=O)c1ccc(-c2cnn(C(=O)OC(C)(C)C)c2)o1)C(=N)c1ccccn1. The number of carbonyl (C=O) groups is 2. The predicted octanol–water partition coefficient (Wildman–Crippen LogP) is 3.59. The number of amides is 1. The van der Waals surface area contributed by atoms with Gasteiger partial charge >= 0.3 is 6.09 Å². The van der Waals surface area contributed by atoms with Crippen LogP contribution < -0.4 is 10.6 Å². The van der Waals surface area contributed by atoms with Gasteiger partial charge < -0.3 is 24.5 Å². The Hall–Kier alpha value is -4.25. The van der Waals surface area contributed by atoms with E-state index in [4.69, 9.17) is 19.3 Å². The van der Waals surface area contributed by atoms with Crippen LogP contribution in [0, 0.1) is 5.41 Å². The fourth-order valence-electron chi connectivity index (χ4n) is 2.93. The molecule has 0 aliphatic rings. The average molecular weight is 495 g/mol. The number of nitrogens with one attached hydrogen (secondary N) is 3. The van der Waals surface area contributed by atoms with Gasteiger partial charge in [-0.15, -0.1) is 0 Å². The molecule has 3 rings (SSSR count). The Morgan fingerprint density at radius 1 is 1.22 bits per heavy atom. The first-order valence-electron chi connectivity index (χ1n) is 11.4. The van der Waals surface area contributed by atoms with Crippen molar-refractivity contribution >= 4 is 17.7 Å². The number of pyridine rings is 1. The van der Waals surface area contributed by atoms with Crippen LogP contribution in [0.15, 0.2) is 65.2 Å². The third-order valence-corrected chi connectivity index (χ3v) is 4.56. The Balaban J connectivity index is 1.73. The van der Waals surface area contributed by atoms with Crippen LogP contribution in [0.3, 0.4) is 0 Å². The van der Waals surface area contributed by atoms with Crippen molar-refractivity contribution in [2.45, 2.75) is 33.3 Å². The van der Waals surface area contributed by atoms with E-state index in [9.17, 15) is 9.59 Å². The number of nitrogens with zero attached hydrogens (tertiary/aromatic N) is 3. The van der Waals surface area contributed by atoms with E-state index in [-0.39, 0.29) is 17.2 Å². The van der Waals surface area contributed by atoms with Crippen LogP contribution in [0.25, 0.3) is 11.3 Å². The Kier molecular flexibility index (Phi) is 8.74. The van der Waals surface area contributed by atoms with Gasteiger partial charge in [-0.3, -0.25) is 15.2 Å². The lowest BCUT2D eigenvalue weighted by atomic mass is 10.2. The van der Waals surface area contributed by atoms with Crippen LogP contribution in [0.2, 0.25) is 0 Å². The van der Waals surface area contributed by atoms with Gasteiger partial charge in [0.15, 0.2) is 5.76 Å². The molecule has 3 N–H and O–H groups in total. The number of hydrogen-bond donors (Lipinski definition) is 3. The summed E-state index contributed by atoms with van der Waals surface area (Å²) in [6.07, 6.45) is 5.37. The summed E-state index contributed by atoms with van der Waals surface area (Å²) in [5, 5.41) is 18.2. The third kappa shape index (κ3) is 7.37. The molecule has 3 aromatic rings. The zero-order valence-corrected chi connectivity index (χ0v) is 20.7. The summed E-state index contributed by atoms with van der Waals surface area (Å²) in [6, 6.07) is 8.28. The van der Waals surface area contributed by atoms with Crippen LogP contribution in [0.1, 0.15) is 43.9 Å². The Bertz CT molecular complexity index is 1220. The number of furan rings is 1. The molecule has 0 atom stereocenters. The first-order chi connectivity index (χ1) is 17.2. The molecule has 0 radical (unpaired) electrons. The molecule has 0 aromatic carbocycles. The molecule has 0 aliphatic carbocycles. The quantitative estimate of drug-likeness (QED) is 0.286. The summed E-state index contributed by atoms with van der Waals surface area (Å²) in [6.45, 7) is 8.75. The van der Waals surface area contributed by atoms with E-state index < -0.39 is 17.6 Å². The lowest BCUT2D eigenvalue weighted by molar-refractivity contribution is 0.0514. The van der Waals surface area contributed by atoms with Gasteiger partial charge in [0.05, 0.1) is 29.8 Å². The van der Waals surface area contributed by atoms with Crippen molar-refractivity contribution in [2.24, 2.45) is 0 Å². The van der Waals surface area contributed by atoms with E-state index in [0.29, 0.717) is 36.8 Å². The van der Waals surface area contributed by atoms with Gasteiger partial charge in [0.25, 0.3) is 5.91 Å². The molecule has 3 aromatic heterocycles. The smallest absolute Gasteiger partial charge is 0.435 e. The van der Waals surface area contributed by atoms with Crippen molar-refractivity contribution in [1.82, 2.24) is 25.4 Å². The number of ether oxygens (including phenoxy) is 2. The summed E-state index contributed by atoms with van der Waals surface area (Å²) in [5.74, 6) is -0.196. The van der Waals surface area contributed by atoms with Gasteiger partial charge in [-0.1, -0.05) is 6.07 Å². The molecule has 3 heterocycles. The van der Waals surface area contributed by atoms with Crippen molar-refractivity contribution in [3.05, 3.63) is 72.3 Å². The molecule has 1 amide bonds. The second-order valence-corrected chi connectivity index (χ2v) is 8.57. The highest BCUT2D eigenvalue weighted by atomic mass is 16.6. The maximum absolute atomic E-state index is 12.9. The van der Waals surface area contributed by atoms with E-state index in [2.05, 4.69) is 20.7 Å². The molecule has 36 heavy (non-hydrogen) atoms. The minimum atomic E-state index is -0.661. The standard InChI is InChI=1S/C25H30N6O5/c1-5-34-13-12-27-15-19(22(26)18-8-6-7-11-28-18)30-23(32)21-10-9-20(35-21)17-14-29-31(16-17)24(33)36-25(2,3)4/h6-11,14-16,26-27H,5,12-13H2,1-4H3,(H,30,32)/b19-15+,26-22?. The minimum absolute atomic E-state index is 0.0176. The fourth-order valence-corrected chi connectivity index (χ4v) is 2.93.